The lowest BCUT2D eigenvalue weighted by molar-refractivity contribution is -0.151. The van der Waals surface area contributed by atoms with Crippen LogP contribution in [0.15, 0.2) is 0 Å². The summed E-state index contributed by atoms with van der Waals surface area (Å²) in [5.74, 6) is -0.562. The molecule has 0 aromatic carbocycles. The molecule has 0 rings (SSSR count). The second-order valence-electron chi connectivity index (χ2n) is 1.43. The Bertz CT molecular complexity index is 87.0. The van der Waals surface area contributed by atoms with Gasteiger partial charge < -0.3 is 28.4 Å². The van der Waals surface area contributed by atoms with E-state index in [9.17, 15) is 4.79 Å². The topological polar surface area (TPSA) is 83.0 Å². The van der Waals surface area contributed by atoms with Crippen molar-refractivity contribution in [2.24, 2.45) is 0 Å². The standard InChI is InChI=1S/C5H10O3.ClH.H3N/c1-3-8-5(7)4(2)6;;/h4,6H,3H2,1-2H3;1H;1H3. The Morgan fingerprint density at radius 2 is 2.10 bits per heavy atom. The number of carbonyl (C=O) groups excluding carboxylic acids is 1. The zero-order valence-electron chi connectivity index (χ0n) is 6.43. The number of hydrogen-bond donors (Lipinski definition) is 2. The minimum Gasteiger partial charge on any atom is -1.00 e. The number of aliphatic hydroxyl groups is 1. The van der Waals surface area contributed by atoms with E-state index < -0.39 is 12.1 Å². The van der Waals surface area contributed by atoms with Crippen molar-refractivity contribution >= 4 is 5.97 Å². The number of quaternary nitrogens is 1. The summed E-state index contributed by atoms with van der Waals surface area (Å²) < 4.78 is 4.41. The fourth-order valence-corrected chi connectivity index (χ4v) is 0.263. The Morgan fingerprint density at radius 1 is 1.70 bits per heavy atom. The third-order valence-corrected chi connectivity index (χ3v) is 0.628. The average molecular weight is 172 g/mol. The third kappa shape index (κ3) is 7.68. The average Bonchev–Trinajstić information content (AvgIpc) is 1.67. The van der Waals surface area contributed by atoms with Crippen LogP contribution in [0.4, 0.5) is 0 Å². The summed E-state index contributed by atoms with van der Waals surface area (Å²) in [6, 6.07) is 0. The van der Waals surface area contributed by atoms with Crippen molar-refractivity contribution in [2.75, 3.05) is 6.61 Å². The molecule has 0 saturated carbocycles. The van der Waals surface area contributed by atoms with Gasteiger partial charge in [-0.1, -0.05) is 0 Å². The summed E-state index contributed by atoms with van der Waals surface area (Å²) in [4.78, 5) is 10.3. The molecule has 0 spiro atoms. The molecule has 4 nitrogen and oxygen atoms in total. The zero-order chi connectivity index (χ0) is 6.57. The molecule has 10 heavy (non-hydrogen) atoms. The van der Waals surface area contributed by atoms with E-state index >= 15 is 0 Å². The molecule has 0 bridgehead atoms. The predicted octanol–water partition coefficient (Wildman–Crippen LogP) is -2.69. The SMILES string of the molecule is CCOC(=O)C(C)O.[Cl-].[NH4+]. The van der Waals surface area contributed by atoms with E-state index in [-0.39, 0.29) is 18.6 Å². The van der Waals surface area contributed by atoms with E-state index in [0.29, 0.717) is 6.61 Å². The molecule has 0 aliphatic heterocycles. The van der Waals surface area contributed by atoms with Crippen LogP contribution in [0.3, 0.4) is 0 Å². The molecule has 0 heterocycles. The first-order valence-corrected chi connectivity index (χ1v) is 2.53. The summed E-state index contributed by atoms with van der Waals surface area (Å²) in [6.07, 6.45) is -0.991. The van der Waals surface area contributed by atoms with E-state index in [2.05, 4.69) is 4.74 Å². The van der Waals surface area contributed by atoms with Crippen LogP contribution in [0.2, 0.25) is 0 Å². The molecule has 0 aromatic heterocycles. The fourth-order valence-electron chi connectivity index (χ4n) is 0.263. The normalized spacial score (nSPS) is 10.3. The van der Waals surface area contributed by atoms with Gasteiger partial charge >= 0.3 is 5.97 Å². The first-order chi connectivity index (χ1) is 3.68. The molecule has 64 valence electrons. The molecule has 0 fully saturated rings. The van der Waals surface area contributed by atoms with Gasteiger partial charge in [0.15, 0.2) is 0 Å². The Morgan fingerprint density at radius 3 is 2.20 bits per heavy atom. The molecule has 0 aliphatic rings. The summed E-state index contributed by atoms with van der Waals surface area (Å²) in [7, 11) is 0. The number of rotatable bonds is 2. The molecule has 1 atom stereocenters. The highest BCUT2D eigenvalue weighted by molar-refractivity contribution is 5.73. The summed E-state index contributed by atoms with van der Waals surface area (Å²) in [5, 5.41) is 8.48. The smallest absolute Gasteiger partial charge is 0.334 e. The first kappa shape index (κ1) is 16.3. The lowest BCUT2D eigenvalue weighted by Gasteiger charge is -2.01. The quantitative estimate of drug-likeness (QED) is 0.444. The largest absolute Gasteiger partial charge is 1.00 e. The van der Waals surface area contributed by atoms with Gasteiger partial charge in [0.2, 0.25) is 0 Å². The van der Waals surface area contributed by atoms with Crippen LogP contribution in [0.5, 0.6) is 0 Å². The molecule has 0 aromatic rings. The minimum absolute atomic E-state index is 0. The number of ether oxygens (including phenoxy) is 1. The summed E-state index contributed by atoms with van der Waals surface area (Å²) in [6.45, 7) is 3.39. The Balaban J connectivity index is -0.000000245. The second-order valence-corrected chi connectivity index (χ2v) is 1.43. The van der Waals surface area contributed by atoms with Crippen molar-refractivity contribution in [3.63, 3.8) is 0 Å². The van der Waals surface area contributed by atoms with Gasteiger partial charge in [-0.15, -0.1) is 0 Å². The highest BCUT2D eigenvalue weighted by Gasteiger charge is 2.07. The monoisotopic (exact) mass is 171 g/mol. The van der Waals surface area contributed by atoms with Crippen LogP contribution >= 0.6 is 0 Å². The van der Waals surface area contributed by atoms with E-state index in [1.165, 1.54) is 6.92 Å². The maximum atomic E-state index is 10.3. The molecular weight excluding hydrogens is 158 g/mol. The van der Waals surface area contributed by atoms with Gasteiger partial charge in [0.05, 0.1) is 6.61 Å². The van der Waals surface area contributed by atoms with Crippen LogP contribution < -0.4 is 18.6 Å². The van der Waals surface area contributed by atoms with Crippen LogP contribution in [0.1, 0.15) is 13.8 Å². The number of carbonyl (C=O) groups is 1. The second kappa shape index (κ2) is 8.68. The van der Waals surface area contributed by atoms with Gasteiger partial charge in [-0.3, -0.25) is 0 Å². The van der Waals surface area contributed by atoms with Crippen molar-refractivity contribution in [1.82, 2.24) is 6.15 Å². The van der Waals surface area contributed by atoms with Gasteiger partial charge in [-0.25, -0.2) is 4.79 Å². The maximum Gasteiger partial charge on any atom is 0.334 e. The minimum atomic E-state index is -0.991. The van der Waals surface area contributed by atoms with E-state index in [4.69, 9.17) is 5.11 Å². The number of aliphatic hydroxyl groups excluding tert-OH is 1. The number of esters is 1. The van der Waals surface area contributed by atoms with Crippen molar-refractivity contribution in [1.29, 1.82) is 0 Å². The molecule has 0 amide bonds. The van der Waals surface area contributed by atoms with Crippen LogP contribution in [-0.4, -0.2) is 23.8 Å². The Kier molecular flexibility index (Phi) is 14.2. The number of hydrogen-bond acceptors (Lipinski definition) is 3. The number of halogens is 1. The van der Waals surface area contributed by atoms with Crippen molar-refractivity contribution < 1.29 is 27.0 Å². The molecule has 0 saturated heterocycles. The fraction of sp³-hybridized carbons (Fsp3) is 0.800. The van der Waals surface area contributed by atoms with Crippen LogP contribution in [-0.2, 0) is 9.53 Å². The maximum absolute atomic E-state index is 10.3. The Labute approximate surface area is 66.6 Å². The lowest BCUT2D eigenvalue weighted by atomic mass is 10.4. The predicted molar refractivity (Wildman–Crippen MR) is 34.3 cm³/mol. The summed E-state index contributed by atoms with van der Waals surface area (Å²) >= 11 is 0. The van der Waals surface area contributed by atoms with Gasteiger partial charge in [-0.05, 0) is 13.8 Å². The molecule has 5 heteroatoms. The van der Waals surface area contributed by atoms with E-state index in [0.717, 1.165) is 0 Å². The third-order valence-electron chi connectivity index (χ3n) is 0.628. The Hall–Kier alpha value is -0.320. The highest BCUT2D eigenvalue weighted by atomic mass is 35.5. The zero-order valence-corrected chi connectivity index (χ0v) is 7.18. The molecular formula is C5H14ClNO3. The van der Waals surface area contributed by atoms with Gasteiger partial charge in [0, 0.05) is 0 Å². The van der Waals surface area contributed by atoms with Gasteiger partial charge in [-0.2, -0.15) is 0 Å². The van der Waals surface area contributed by atoms with Gasteiger partial charge in [0.25, 0.3) is 0 Å². The first-order valence-electron chi connectivity index (χ1n) is 2.53. The van der Waals surface area contributed by atoms with E-state index in [1.54, 1.807) is 6.92 Å². The highest BCUT2D eigenvalue weighted by Crippen LogP contribution is 1.84. The van der Waals surface area contributed by atoms with Crippen molar-refractivity contribution in [3.8, 4) is 0 Å². The van der Waals surface area contributed by atoms with Gasteiger partial charge in [0.1, 0.15) is 6.10 Å². The summed E-state index contributed by atoms with van der Waals surface area (Å²) in [5.41, 5.74) is 0. The van der Waals surface area contributed by atoms with E-state index in [1.807, 2.05) is 0 Å². The van der Waals surface area contributed by atoms with Crippen LogP contribution in [0.25, 0.3) is 0 Å². The molecule has 5 N–H and O–H groups in total. The molecule has 1 unspecified atom stereocenters. The molecule has 0 aliphatic carbocycles. The van der Waals surface area contributed by atoms with Crippen molar-refractivity contribution in [3.05, 3.63) is 0 Å². The lowest BCUT2D eigenvalue weighted by Crippen LogP contribution is -3.00. The van der Waals surface area contributed by atoms with Crippen molar-refractivity contribution in [2.45, 2.75) is 20.0 Å². The molecule has 0 radical (unpaired) electrons. The van der Waals surface area contributed by atoms with Crippen LogP contribution in [0, 0.1) is 0 Å².